The molecule has 1 aromatic carbocycles. The van der Waals surface area contributed by atoms with Crippen molar-refractivity contribution < 1.29 is 4.74 Å². The first-order valence-electron chi connectivity index (χ1n) is 4.42. The minimum Gasteiger partial charge on any atom is -0.494 e. The topological polar surface area (TPSA) is 22.1 Å². The number of benzene rings is 1. The average Bonchev–Trinajstić information content (AvgIpc) is 2.18. The van der Waals surface area contributed by atoms with Gasteiger partial charge in [-0.25, -0.2) is 4.98 Å². The smallest absolute Gasteiger partial charge is 0.146 e. The fourth-order valence-electron chi connectivity index (χ4n) is 1.50. The Hall–Kier alpha value is -0.990. The Bertz CT molecular complexity index is 525. The largest absolute Gasteiger partial charge is 0.494 e. The minimum absolute atomic E-state index is 0.590. The molecule has 0 aliphatic heterocycles. The number of aromatic nitrogens is 1. The normalized spacial score (nSPS) is 10.7. The van der Waals surface area contributed by atoms with Gasteiger partial charge in [0.2, 0.25) is 0 Å². The van der Waals surface area contributed by atoms with Crippen LogP contribution in [0.15, 0.2) is 18.2 Å². The molecule has 0 saturated heterocycles. The maximum Gasteiger partial charge on any atom is 0.146 e. The summed E-state index contributed by atoms with van der Waals surface area (Å²) in [5.41, 5.74) is 1.60. The molecule has 78 valence electrons. The number of rotatable bonds is 1. The summed E-state index contributed by atoms with van der Waals surface area (Å²) in [6.07, 6.45) is 0. The molecule has 2 nitrogen and oxygen atoms in total. The van der Waals surface area contributed by atoms with Crippen molar-refractivity contribution in [2.75, 3.05) is 7.11 Å². The van der Waals surface area contributed by atoms with Crippen LogP contribution >= 0.6 is 23.2 Å². The molecular formula is C11H9Cl2NO. The van der Waals surface area contributed by atoms with Gasteiger partial charge in [-0.2, -0.15) is 0 Å². The standard InChI is InChI=1S/C11H9Cl2NO/c1-6-3-9(13)8-4-7(12)5-10(15-2)11(8)14-6/h3-5H,1-2H3. The van der Waals surface area contributed by atoms with Crippen molar-refractivity contribution in [3.63, 3.8) is 0 Å². The number of nitrogens with zero attached hydrogens (tertiary/aromatic N) is 1. The van der Waals surface area contributed by atoms with E-state index in [0.29, 0.717) is 15.8 Å². The summed E-state index contributed by atoms with van der Waals surface area (Å²) in [6, 6.07) is 5.32. The van der Waals surface area contributed by atoms with Crippen LogP contribution in [0.25, 0.3) is 10.9 Å². The molecule has 0 radical (unpaired) electrons. The van der Waals surface area contributed by atoms with E-state index in [2.05, 4.69) is 4.98 Å². The van der Waals surface area contributed by atoms with Gasteiger partial charge in [0.25, 0.3) is 0 Å². The first-order chi connectivity index (χ1) is 7.11. The van der Waals surface area contributed by atoms with E-state index in [1.165, 1.54) is 0 Å². The van der Waals surface area contributed by atoms with Crippen molar-refractivity contribution in [2.45, 2.75) is 6.92 Å². The summed E-state index contributed by atoms with van der Waals surface area (Å²) in [5.74, 6) is 0.642. The van der Waals surface area contributed by atoms with E-state index in [0.717, 1.165) is 16.6 Å². The number of ether oxygens (including phenoxy) is 1. The monoisotopic (exact) mass is 241 g/mol. The van der Waals surface area contributed by atoms with Crippen LogP contribution in [0.4, 0.5) is 0 Å². The third-order valence-corrected chi connectivity index (χ3v) is 2.67. The summed E-state index contributed by atoms with van der Waals surface area (Å²) in [4.78, 5) is 4.38. The van der Waals surface area contributed by atoms with Crippen LogP contribution in [0.5, 0.6) is 5.75 Å². The lowest BCUT2D eigenvalue weighted by atomic mass is 10.2. The highest BCUT2D eigenvalue weighted by atomic mass is 35.5. The van der Waals surface area contributed by atoms with Crippen molar-refractivity contribution in [2.24, 2.45) is 0 Å². The van der Waals surface area contributed by atoms with E-state index in [-0.39, 0.29) is 0 Å². The summed E-state index contributed by atoms with van der Waals surface area (Å²) in [5, 5.41) is 2.04. The molecule has 0 unspecified atom stereocenters. The van der Waals surface area contributed by atoms with Gasteiger partial charge in [-0.15, -0.1) is 0 Å². The lowest BCUT2D eigenvalue weighted by molar-refractivity contribution is 0.419. The Balaban J connectivity index is 2.89. The molecule has 0 aliphatic carbocycles. The van der Waals surface area contributed by atoms with E-state index >= 15 is 0 Å². The van der Waals surface area contributed by atoms with Gasteiger partial charge < -0.3 is 4.74 Å². The van der Waals surface area contributed by atoms with E-state index in [9.17, 15) is 0 Å². The van der Waals surface area contributed by atoms with Crippen LogP contribution in [0.1, 0.15) is 5.69 Å². The summed E-state index contributed by atoms with van der Waals surface area (Å²) < 4.78 is 5.21. The van der Waals surface area contributed by atoms with Crippen LogP contribution in [-0.4, -0.2) is 12.1 Å². The molecule has 0 saturated carbocycles. The number of methoxy groups -OCH3 is 1. The van der Waals surface area contributed by atoms with Crippen molar-refractivity contribution >= 4 is 34.1 Å². The first kappa shape index (κ1) is 10.5. The molecule has 0 N–H and O–H groups in total. The minimum atomic E-state index is 0.590. The number of hydrogen-bond donors (Lipinski definition) is 0. The summed E-state index contributed by atoms with van der Waals surface area (Å²) in [7, 11) is 1.59. The molecule has 2 rings (SSSR count). The number of aryl methyl sites for hydroxylation is 1. The van der Waals surface area contributed by atoms with Gasteiger partial charge in [0, 0.05) is 22.2 Å². The lowest BCUT2D eigenvalue weighted by Gasteiger charge is -2.07. The molecule has 0 bridgehead atoms. The van der Waals surface area contributed by atoms with Gasteiger partial charge in [0.05, 0.1) is 12.1 Å². The van der Waals surface area contributed by atoms with Crippen molar-refractivity contribution in [3.05, 3.63) is 33.9 Å². The van der Waals surface area contributed by atoms with Gasteiger partial charge >= 0.3 is 0 Å². The van der Waals surface area contributed by atoms with E-state index in [1.807, 2.05) is 6.92 Å². The highest BCUT2D eigenvalue weighted by Gasteiger charge is 2.08. The van der Waals surface area contributed by atoms with E-state index in [1.54, 1.807) is 25.3 Å². The molecule has 0 fully saturated rings. The Morgan fingerprint density at radius 3 is 2.60 bits per heavy atom. The van der Waals surface area contributed by atoms with Gasteiger partial charge in [0.15, 0.2) is 0 Å². The lowest BCUT2D eigenvalue weighted by Crippen LogP contribution is -1.90. The Kier molecular flexibility index (Phi) is 2.72. The predicted molar refractivity (Wildman–Crippen MR) is 63.1 cm³/mol. The molecule has 0 spiro atoms. The molecular weight excluding hydrogens is 233 g/mol. The van der Waals surface area contributed by atoms with Crippen LogP contribution in [0.2, 0.25) is 10.0 Å². The molecule has 0 aliphatic rings. The van der Waals surface area contributed by atoms with E-state index in [4.69, 9.17) is 27.9 Å². The second kappa shape index (κ2) is 3.87. The highest BCUT2D eigenvalue weighted by Crippen LogP contribution is 2.32. The zero-order valence-corrected chi connectivity index (χ0v) is 9.86. The fourth-order valence-corrected chi connectivity index (χ4v) is 2.01. The Morgan fingerprint density at radius 1 is 1.20 bits per heavy atom. The van der Waals surface area contributed by atoms with Gasteiger partial charge in [-0.05, 0) is 19.1 Å². The predicted octanol–water partition coefficient (Wildman–Crippen LogP) is 3.86. The Morgan fingerprint density at radius 2 is 1.93 bits per heavy atom. The van der Waals surface area contributed by atoms with Crippen LogP contribution in [0, 0.1) is 6.92 Å². The fraction of sp³-hybridized carbons (Fsp3) is 0.182. The second-order valence-electron chi connectivity index (χ2n) is 3.25. The van der Waals surface area contributed by atoms with Crippen molar-refractivity contribution in [1.29, 1.82) is 0 Å². The molecule has 15 heavy (non-hydrogen) atoms. The van der Waals surface area contributed by atoms with Crippen LogP contribution in [0.3, 0.4) is 0 Å². The van der Waals surface area contributed by atoms with Crippen molar-refractivity contribution in [3.8, 4) is 5.75 Å². The first-order valence-corrected chi connectivity index (χ1v) is 5.18. The van der Waals surface area contributed by atoms with E-state index < -0.39 is 0 Å². The third kappa shape index (κ3) is 1.87. The molecule has 0 amide bonds. The number of fused-ring (bicyclic) bond motifs is 1. The summed E-state index contributed by atoms with van der Waals surface area (Å²) >= 11 is 12.1. The molecule has 1 heterocycles. The summed E-state index contributed by atoms with van der Waals surface area (Å²) in [6.45, 7) is 1.89. The highest BCUT2D eigenvalue weighted by molar-refractivity contribution is 6.37. The average molecular weight is 242 g/mol. The molecule has 1 aromatic heterocycles. The quantitative estimate of drug-likeness (QED) is 0.757. The number of hydrogen-bond acceptors (Lipinski definition) is 2. The zero-order valence-electron chi connectivity index (χ0n) is 8.34. The maximum absolute atomic E-state index is 6.11. The molecule has 2 aromatic rings. The Labute approximate surface area is 97.8 Å². The van der Waals surface area contributed by atoms with Crippen LogP contribution < -0.4 is 4.74 Å². The third-order valence-electron chi connectivity index (χ3n) is 2.14. The van der Waals surface area contributed by atoms with Gasteiger partial charge in [0.1, 0.15) is 11.3 Å². The number of pyridine rings is 1. The van der Waals surface area contributed by atoms with Crippen molar-refractivity contribution in [1.82, 2.24) is 4.98 Å². The molecule has 0 atom stereocenters. The zero-order chi connectivity index (χ0) is 11.0. The number of halogens is 2. The second-order valence-corrected chi connectivity index (χ2v) is 4.09. The van der Waals surface area contributed by atoms with Gasteiger partial charge in [-0.3, -0.25) is 0 Å². The maximum atomic E-state index is 6.11. The molecule has 4 heteroatoms. The van der Waals surface area contributed by atoms with Crippen LogP contribution in [-0.2, 0) is 0 Å². The van der Waals surface area contributed by atoms with Gasteiger partial charge in [-0.1, -0.05) is 23.2 Å². The SMILES string of the molecule is COc1cc(Cl)cc2c(Cl)cc(C)nc12.